The summed E-state index contributed by atoms with van der Waals surface area (Å²) in [4.78, 5) is 9.27. The first-order valence-corrected chi connectivity index (χ1v) is 10.2. The zero-order valence-electron chi connectivity index (χ0n) is 16.4. The summed E-state index contributed by atoms with van der Waals surface area (Å²) in [7, 11) is 0. The van der Waals surface area contributed by atoms with Crippen molar-refractivity contribution in [1.82, 2.24) is 25.4 Å². The summed E-state index contributed by atoms with van der Waals surface area (Å²) in [6.07, 6.45) is 4.70. The number of hydrogen-bond donors (Lipinski definition) is 2. The molecule has 3 rings (SSSR count). The lowest BCUT2D eigenvalue weighted by Gasteiger charge is -2.18. The Labute approximate surface area is 187 Å². The van der Waals surface area contributed by atoms with E-state index in [0.717, 1.165) is 35.3 Å². The Hall–Kier alpha value is -1.94. The van der Waals surface area contributed by atoms with E-state index >= 15 is 0 Å². The lowest BCUT2D eigenvalue weighted by molar-refractivity contribution is 0.684. The third-order valence-electron chi connectivity index (χ3n) is 4.14. The van der Waals surface area contributed by atoms with E-state index in [1.807, 2.05) is 16.9 Å². The maximum absolute atomic E-state index is 4.69. The molecular formula is C20H27IN6S. The number of halogens is 1. The molecule has 0 aliphatic carbocycles. The van der Waals surface area contributed by atoms with Crippen LogP contribution in [0, 0.1) is 0 Å². The van der Waals surface area contributed by atoms with Crippen LogP contribution in [0.25, 0.3) is 5.69 Å². The zero-order valence-corrected chi connectivity index (χ0v) is 19.6. The van der Waals surface area contributed by atoms with Crippen molar-refractivity contribution in [3.63, 3.8) is 0 Å². The lowest BCUT2D eigenvalue weighted by Crippen LogP contribution is -2.38. The summed E-state index contributed by atoms with van der Waals surface area (Å²) < 4.78 is 1.86. The highest BCUT2D eigenvalue weighted by Crippen LogP contribution is 2.17. The molecule has 0 amide bonds. The predicted octanol–water partition coefficient (Wildman–Crippen LogP) is 4.33. The van der Waals surface area contributed by atoms with Gasteiger partial charge in [-0.2, -0.15) is 5.10 Å². The number of hydrogen-bond acceptors (Lipinski definition) is 4. The van der Waals surface area contributed by atoms with Gasteiger partial charge in [0.2, 0.25) is 0 Å². The molecule has 0 aliphatic heterocycles. The number of nitrogens with zero attached hydrogens (tertiary/aromatic N) is 4. The Morgan fingerprint density at radius 3 is 2.82 bits per heavy atom. The number of benzene rings is 1. The second-order valence-electron chi connectivity index (χ2n) is 6.19. The van der Waals surface area contributed by atoms with Crippen molar-refractivity contribution in [3.8, 4) is 5.69 Å². The van der Waals surface area contributed by atoms with E-state index in [1.165, 1.54) is 5.56 Å². The van der Waals surface area contributed by atoms with E-state index < -0.39 is 0 Å². The summed E-state index contributed by atoms with van der Waals surface area (Å²) in [6.45, 7) is 7.71. The van der Waals surface area contributed by atoms with Crippen molar-refractivity contribution < 1.29 is 0 Å². The first kappa shape index (κ1) is 22.4. The van der Waals surface area contributed by atoms with Gasteiger partial charge in [0, 0.05) is 24.3 Å². The predicted molar refractivity (Wildman–Crippen MR) is 127 cm³/mol. The standard InChI is InChI=1S/C20H26N6S.HI/c1-4-19-25-17(14-27-19)13-22-20(21-5-2)24-15(3)16-8-6-9-18(12-16)26-11-7-10-23-26;/h6-12,14-15H,4-5,13H2,1-3H3,(H2,21,22,24);1H. The van der Waals surface area contributed by atoms with Crippen molar-refractivity contribution in [3.05, 3.63) is 64.4 Å². The Morgan fingerprint density at radius 2 is 2.14 bits per heavy atom. The van der Waals surface area contributed by atoms with Gasteiger partial charge in [-0.25, -0.2) is 14.7 Å². The quantitative estimate of drug-likeness (QED) is 0.282. The van der Waals surface area contributed by atoms with Crippen LogP contribution in [0.5, 0.6) is 0 Å². The Bertz CT molecular complexity index is 874. The van der Waals surface area contributed by atoms with Gasteiger partial charge in [0.1, 0.15) is 0 Å². The Balaban J connectivity index is 0.00000280. The van der Waals surface area contributed by atoms with E-state index in [0.29, 0.717) is 6.54 Å². The average molecular weight is 510 g/mol. The third kappa shape index (κ3) is 6.03. The van der Waals surface area contributed by atoms with Crippen LogP contribution in [0.1, 0.15) is 43.1 Å². The second-order valence-corrected chi connectivity index (χ2v) is 7.14. The molecule has 0 fully saturated rings. The van der Waals surface area contributed by atoms with Crippen molar-refractivity contribution in [2.75, 3.05) is 6.54 Å². The normalized spacial score (nSPS) is 12.3. The maximum atomic E-state index is 4.69. The van der Waals surface area contributed by atoms with Gasteiger partial charge in [-0.15, -0.1) is 35.3 Å². The average Bonchev–Trinajstić information content (AvgIpc) is 3.38. The van der Waals surface area contributed by atoms with Gasteiger partial charge >= 0.3 is 0 Å². The number of thiazole rings is 1. The fourth-order valence-electron chi connectivity index (χ4n) is 2.71. The molecule has 2 N–H and O–H groups in total. The molecule has 8 heteroatoms. The molecule has 2 aromatic heterocycles. The summed E-state index contributed by atoms with van der Waals surface area (Å²) in [6, 6.07) is 10.4. The van der Waals surface area contributed by atoms with Crippen molar-refractivity contribution in [2.24, 2.45) is 4.99 Å². The van der Waals surface area contributed by atoms with Gasteiger partial charge in [-0.05, 0) is 44.0 Å². The minimum Gasteiger partial charge on any atom is -0.357 e. The van der Waals surface area contributed by atoms with Gasteiger partial charge in [-0.3, -0.25) is 0 Å². The molecule has 6 nitrogen and oxygen atoms in total. The number of guanidine groups is 1. The molecule has 1 unspecified atom stereocenters. The van der Waals surface area contributed by atoms with Crippen LogP contribution < -0.4 is 10.6 Å². The molecule has 2 heterocycles. The first-order chi connectivity index (χ1) is 13.2. The molecule has 0 bridgehead atoms. The zero-order chi connectivity index (χ0) is 19.1. The minimum absolute atomic E-state index is 0. The van der Waals surface area contributed by atoms with Gasteiger partial charge in [-0.1, -0.05) is 19.1 Å². The molecule has 0 saturated carbocycles. The van der Waals surface area contributed by atoms with Gasteiger partial charge in [0.15, 0.2) is 5.96 Å². The molecule has 0 spiro atoms. The van der Waals surface area contributed by atoms with E-state index in [-0.39, 0.29) is 30.0 Å². The molecular weight excluding hydrogens is 483 g/mol. The highest BCUT2D eigenvalue weighted by molar-refractivity contribution is 14.0. The van der Waals surface area contributed by atoms with Crippen LogP contribution in [0.4, 0.5) is 0 Å². The van der Waals surface area contributed by atoms with Crippen LogP contribution in [0.3, 0.4) is 0 Å². The van der Waals surface area contributed by atoms with Crippen LogP contribution in [0.15, 0.2) is 53.1 Å². The molecule has 150 valence electrons. The first-order valence-electron chi connectivity index (χ1n) is 9.27. The van der Waals surface area contributed by atoms with Crippen LogP contribution in [-0.4, -0.2) is 27.3 Å². The van der Waals surface area contributed by atoms with Crippen molar-refractivity contribution >= 4 is 41.3 Å². The minimum atomic E-state index is 0. The summed E-state index contributed by atoms with van der Waals surface area (Å²) in [5.41, 5.74) is 3.24. The number of aryl methyl sites for hydroxylation is 1. The fourth-order valence-corrected chi connectivity index (χ4v) is 3.45. The summed E-state index contributed by atoms with van der Waals surface area (Å²) in [5, 5.41) is 14.3. The second kappa shape index (κ2) is 11.2. The summed E-state index contributed by atoms with van der Waals surface area (Å²) in [5.74, 6) is 0.792. The molecule has 1 aromatic carbocycles. The number of aromatic nitrogens is 3. The van der Waals surface area contributed by atoms with Crippen LogP contribution >= 0.6 is 35.3 Å². The Kier molecular flexibility index (Phi) is 8.91. The monoisotopic (exact) mass is 510 g/mol. The van der Waals surface area contributed by atoms with Crippen molar-refractivity contribution in [2.45, 2.75) is 39.8 Å². The molecule has 3 aromatic rings. The fraction of sp³-hybridized carbons (Fsp3) is 0.350. The number of rotatable bonds is 7. The van der Waals surface area contributed by atoms with Gasteiger partial charge in [0.25, 0.3) is 0 Å². The van der Waals surface area contributed by atoms with E-state index in [4.69, 9.17) is 4.99 Å². The maximum Gasteiger partial charge on any atom is 0.192 e. The summed E-state index contributed by atoms with van der Waals surface area (Å²) >= 11 is 1.70. The smallest absolute Gasteiger partial charge is 0.192 e. The van der Waals surface area contributed by atoms with Crippen LogP contribution in [-0.2, 0) is 13.0 Å². The lowest BCUT2D eigenvalue weighted by atomic mass is 10.1. The van der Waals surface area contributed by atoms with E-state index in [9.17, 15) is 0 Å². The van der Waals surface area contributed by atoms with Crippen LogP contribution in [0.2, 0.25) is 0 Å². The van der Waals surface area contributed by atoms with Gasteiger partial charge in [0.05, 0.1) is 29.0 Å². The Morgan fingerprint density at radius 1 is 1.29 bits per heavy atom. The molecule has 0 saturated heterocycles. The van der Waals surface area contributed by atoms with Crippen molar-refractivity contribution in [1.29, 1.82) is 0 Å². The SMILES string of the molecule is CCNC(=NCc1csc(CC)n1)NC(C)c1cccc(-n2cccn2)c1.I. The number of nitrogens with one attached hydrogen (secondary N) is 2. The molecule has 28 heavy (non-hydrogen) atoms. The topological polar surface area (TPSA) is 67.1 Å². The van der Waals surface area contributed by atoms with E-state index in [2.05, 4.69) is 71.1 Å². The number of aliphatic imine (C=N–C) groups is 1. The van der Waals surface area contributed by atoms with E-state index in [1.54, 1.807) is 17.5 Å². The highest BCUT2D eigenvalue weighted by Gasteiger charge is 2.09. The third-order valence-corrected chi connectivity index (χ3v) is 5.18. The molecule has 1 atom stereocenters. The molecule has 0 aliphatic rings. The largest absolute Gasteiger partial charge is 0.357 e. The van der Waals surface area contributed by atoms with Gasteiger partial charge < -0.3 is 10.6 Å². The highest BCUT2D eigenvalue weighted by atomic mass is 127. The molecule has 0 radical (unpaired) electrons.